The second kappa shape index (κ2) is 7.23. The molecule has 6 heteroatoms. The molecule has 2 aromatic heterocycles. The molecular formula is C22H22N4O2. The Labute approximate surface area is 163 Å². The van der Waals surface area contributed by atoms with Crippen molar-refractivity contribution in [1.82, 2.24) is 14.4 Å². The number of benzene rings is 2. The highest BCUT2D eigenvalue weighted by molar-refractivity contribution is 5.80. The van der Waals surface area contributed by atoms with E-state index in [-0.39, 0.29) is 5.75 Å². The Morgan fingerprint density at radius 3 is 2.61 bits per heavy atom. The van der Waals surface area contributed by atoms with Gasteiger partial charge in [-0.15, -0.1) is 0 Å². The first-order valence-corrected chi connectivity index (χ1v) is 9.14. The highest BCUT2D eigenvalue weighted by atomic mass is 16.5. The number of fused-ring (bicyclic) bond motifs is 1. The van der Waals surface area contributed by atoms with Crippen LogP contribution in [-0.2, 0) is 0 Å². The van der Waals surface area contributed by atoms with E-state index in [4.69, 9.17) is 4.74 Å². The van der Waals surface area contributed by atoms with Crippen molar-refractivity contribution >= 4 is 17.3 Å². The molecule has 0 amide bonds. The van der Waals surface area contributed by atoms with Gasteiger partial charge in [0.1, 0.15) is 11.5 Å². The Kier molecular flexibility index (Phi) is 4.61. The van der Waals surface area contributed by atoms with E-state index in [9.17, 15) is 5.11 Å². The second-order valence-corrected chi connectivity index (χ2v) is 6.89. The molecule has 4 rings (SSSR count). The molecule has 0 fully saturated rings. The molecule has 0 spiro atoms. The molecule has 0 radical (unpaired) electrons. The molecule has 2 heterocycles. The predicted molar refractivity (Wildman–Crippen MR) is 110 cm³/mol. The van der Waals surface area contributed by atoms with Gasteiger partial charge in [0.15, 0.2) is 11.5 Å². The van der Waals surface area contributed by atoms with Gasteiger partial charge in [0.2, 0.25) is 5.78 Å². The molecule has 0 aliphatic heterocycles. The number of methoxy groups -OCH3 is 1. The molecule has 0 aliphatic carbocycles. The Morgan fingerprint density at radius 1 is 1.11 bits per heavy atom. The Morgan fingerprint density at radius 2 is 1.89 bits per heavy atom. The number of phenolic OH excluding ortho intramolecular Hbond substituents is 1. The number of hydrogen-bond donors (Lipinski definition) is 2. The van der Waals surface area contributed by atoms with Gasteiger partial charge in [-0.2, -0.15) is 0 Å². The minimum atomic E-state index is 0.0897. The van der Waals surface area contributed by atoms with Crippen LogP contribution in [0, 0.1) is 0 Å². The first-order chi connectivity index (χ1) is 13.6. The maximum atomic E-state index is 9.92. The number of aromatic nitrogens is 3. The fourth-order valence-corrected chi connectivity index (χ4v) is 3.12. The van der Waals surface area contributed by atoms with Crippen LogP contribution in [0.15, 0.2) is 60.9 Å². The van der Waals surface area contributed by atoms with E-state index in [0.717, 1.165) is 22.8 Å². The molecule has 4 aromatic rings. The van der Waals surface area contributed by atoms with Crippen LogP contribution in [-0.4, -0.2) is 26.6 Å². The highest BCUT2D eigenvalue weighted by Gasteiger charge is 2.17. The fraction of sp³-hybridized carbons (Fsp3) is 0.182. The minimum Gasteiger partial charge on any atom is -0.504 e. The van der Waals surface area contributed by atoms with E-state index in [0.29, 0.717) is 17.4 Å². The topological polar surface area (TPSA) is 71.7 Å². The third-order valence-electron chi connectivity index (χ3n) is 4.70. The number of ether oxygens (including phenoxy) is 1. The summed E-state index contributed by atoms with van der Waals surface area (Å²) in [7, 11) is 1.53. The van der Waals surface area contributed by atoms with E-state index in [1.54, 1.807) is 18.3 Å². The standard InChI is InChI=1S/C22H22N4O2/c1-14(2)15-5-8-17(9-6-15)24-21-20(25-22-23-11-4-12-26(21)22)16-7-10-18(27)19(13-16)28-3/h4-14,24,27H,1-3H3. The molecule has 0 saturated heterocycles. The van der Waals surface area contributed by atoms with Crippen molar-refractivity contribution in [3.8, 4) is 22.8 Å². The summed E-state index contributed by atoms with van der Waals surface area (Å²) in [5.74, 6) is 2.36. The number of nitrogens with zero attached hydrogens (tertiary/aromatic N) is 3. The van der Waals surface area contributed by atoms with Gasteiger partial charge in [-0.3, -0.25) is 4.40 Å². The van der Waals surface area contributed by atoms with Crippen molar-refractivity contribution in [3.05, 3.63) is 66.5 Å². The quantitative estimate of drug-likeness (QED) is 0.516. The molecule has 28 heavy (non-hydrogen) atoms. The van der Waals surface area contributed by atoms with Crippen LogP contribution in [0.25, 0.3) is 17.0 Å². The van der Waals surface area contributed by atoms with Crippen LogP contribution in [0.1, 0.15) is 25.3 Å². The summed E-state index contributed by atoms with van der Waals surface area (Å²) in [6.45, 7) is 4.35. The van der Waals surface area contributed by atoms with Crippen molar-refractivity contribution in [3.63, 3.8) is 0 Å². The minimum absolute atomic E-state index is 0.0897. The number of imidazole rings is 1. The molecule has 2 aromatic carbocycles. The van der Waals surface area contributed by atoms with Crippen LogP contribution in [0.5, 0.6) is 11.5 Å². The first kappa shape index (κ1) is 17.9. The molecule has 0 saturated carbocycles. The number of phenols is 1. The van der Waals surface area contributed by atoms with Gasteiger partial charge in [0.05, 0.1) is 7.11 Å². The van der Waals surface area contributed by atoms with Crippen molar-refractivity contribution in [2.75, 3.05) is 12.4 Å². The second-order valence-electron chi connectivity index (χ2n) is 6.89. The lowest BCUT2D eigenvalue weighted by Crippen LogP contribution is -1.98. The van der Waals surface area contributed by atoms with Crippen molar-refractivity contribution < 1.29 is 9.84 Å². The predicted octanol–water partition coefficient (Wildman–Crippen LogP) is 4.98. The molecule has 142 valence electrons. The molecule has 2 N–H and O–H groups in total. The molecule has 0 aliphatic rings. The van der Waals surface area contributed by atoms with Gasteiger partial charge in [-0.05, 0) is 47.9 Å². The zero-order chi connectivity index (χ0) is 19.7. The van der Waals surface area contributed by atoms with Crippen LogP contribution < -0.4 is 10.1 Å². The normalized spacial score (nSPS) is 11.1. The summed E-state index contributed by atoms with van der Waals surface area (Å²) in [4.78, 5) is 9.04. The van der Waals surface area contributed by atoms with Crippen molar-refractivity contribution in [1.29, 1.82) is 0 Å². The monoisotopic (exact) mass is 374 g/mol. The van der Waals surface area contributed by atoms with E-state index >= 15 is 0 Å². The molecule has 0 atom stereocenters. The van der Waals surface area contributed by atoms with E-state index in [2.05, 4.69) is 53.4 Å². The van der Waals surface area contributed by atoms with E-state index in [1.165, 1.54) is 12.7 Å². The van der Waals surface area contributed by atoms with Gasteiger partial charge >= 0.3 is 0 Å². The molecule has 6 nitrogen and oxygen atoms in total. The fourth-order valence-electron chi connectivity index (χ4n) is 3.12. The lowest BCUT2D eigenvalue weighted by molar-refractivity contribution is 0.373. The average molecular weight is 374 g/mol. The number of rotatable bonds is 5. The van der Waals surface area contributed by atoms with Crippen LogP contribution >= 0.6 is 0 Å². The molecular weight excluding hydrogens is 352 g/mol. The highest BCUT2D eigenvalue weighted by Crippen LogP contribution is 2.35. The third kappa shape index (κ3) is 3.24. The van der Waals surface area contributed by atoms with E-state index in [1.807, 2.05) is 22.7 Å². The zero-order valence-corrected chi connectivity index (χ0v) is 16.0. The summed E-state index contributed by atoms with van der Waals surface area (Å²) in [6, 6.07) is 15.4. The maximum Gasteiger partial charge on any atom is 0.235 e. The number of hydrogen-bond acceptors (Lipinski definition) is 5. The molecule has 0 unspecified atom stereocenters. The Bertz CT molecular complexity index is 1120. The van der Waals surface area contributed by atoms with Crippen LogP contribution in [0.3, 0.4) is 0 Å². The maximum absolute atomic E-state index is 9.92. The van der Waals surface area contributed by atoms with Gasteiger partial charge in [-0.1, -0.05) is 26.0 Å². The van der Waals surface area contributed by atoms with Crippen LogP contribution in [0.2, 0.25) is 0 Å². The number of aromatic hydroxyl groups is 1. The average Bonchev–Trinajstić information content (AvgIpc) is 3.07. The summed E-state index contributed by atoms with van der Waals surface area (Å²) in [5.41, 5.74) is 3.79. The lowest BCUT2D eigenvalue weighted by atomic mass is 10.0. The number of anilines is 2. The van der Waals surface area contributed by atoms with Gasteiger partial charge in [-0.25, -0.2) is 9.97 Å². The summed E-state index contributed by atoms with van der Waals surface area (Å²) in [5, 5.41) is 13.4. The Balaban J connectivity index is 1.81. The summed E-state index contributed by atoms with van der Waals surface area (Å²) < 4.78 is 7.16. The molecule has 0 bridgehead atoms. The third-order valence-corrected chi connectivity index (χ3v) is 4.70. The van der Waals surface area contributed by atoms with Crippen molar-refractivity contribution in [2.24, 2.45) is 0 Å². The SMILES string of the molecule is COc1cc(-c2nc3ncccn3c2Nc2ccc(C(C)C)cc2)ccc1O. The van der Waals surface area contributed by atoms with Gasteiger partial charge < -0.3 is 15.2 Å². The largest absolute Gasteiger partial charge is 0.504 e. The van der Waals surface area contributed by atoms with Gasteiger partial charge in [0.25, 0.3) is 0 Å². The zero-order valence-electron chi connectivity index (χ0n) is 16.0. The van der Waals surface area contributed by atoms with Crippen LogP contribution in [0.4, 0.5) is 11.5 Å². The smallest absolute Gasteiger partial charge is 0.235 e. The van der Waals surface area contributed by atoms with E-state index < -0.39 is 0 Å². The van der Waals surface area contributed by atoms with Crippen molar-refractivity contribution in [2.45, 2.75) is 19.8 Å². The number of nitrogens with one attached hydrogen (secondary N) is 1. The van der Waals surface area contributed by atoms with Gasteiger partial charge in [0, 0.05) is 23.6 Å². The first-order valence-electron chi connectivity index (χ1n) is 9.14. The summed E-state index contributed by atoms with van der Waals surface area (Å²) in [6.07, 6.45) is 3.63. The lowest BCUT2D eigenvalue weighted by Gasteiger charge is -2.11. The summed E-state index contributed by atoms with van der Waals surface area (Å²) >= 11 is 0. The Hall–Kier alpha value is -3.54.